The molecule has 1 atom stereocenters. The van der Waals surface area contributed by atoms with Crippen LogP contribution in [0, 0.1) is 5.92 Å². The normalized spacial score (nSPS) is 20.9. The van der Waals surface area contributed by atoms with Crippen LogP contribution in [0.5, 0.6) is 0 Å². The van der Waals surface area contributed by atoms with Gasteiger partial charge in [-0.05, 0) is 0 Å². The molecule has 4 heteroatoms. The summed E-state index contributed by atoms with van der Waals surface area (Å²) in [6, 6.07) is 0. The first-order chi connectivity index (χ1) is 7.29. The second-order valence-electron chi connectivity index (χ2n) is 3.83. The molecule has 0 bridgehead atoms. The van der Waals surface area contributed by atoms with Crippen LogP contribution in [-0.4, -0.2) is 33.9 Å². The van der Waals surface area contributed by atoms with E-state index in [9.17, 15) is 4.79 Å². The van der Waals surface area contributed by atoms with E-state index in [1.54, 1.807) is 12.4 Å². The second kappa shape index (κ2) is 4.29. The van der Waals surface area contributed by atoms with Gasteiger partial charge in [0.15, 0.2) is 0 Å². The van der Waals surface area contributed by atoms with E-state index in [2.05, 4.69) is 16.5 Å². The Morgan fingerprint density at radius 3 is 3.20 bits per heavy atom. The molecule has 1 aromatic rings. The zero-order valence-corrected chi connectivity index (χ0v) is 8.65. The molecule has 1 aliphatic rings. The number of aromatic amines is 1. The van der Waals surface area contributed by atoms with Gasteiger partial charge in [-0.1, -0.05) is 6.08 Å². The molecule has 0 spiro atoms. The minimum Gasteiger partial charge on any atom is -0.349 e. The van der Waals surface area contributed by atoms with Gasteiger partial charge in [-0.25, -0.2) is 4.98 Å². The third-order valence-electron chi connectivity index (χ3n) is 2.75. The molecule has 4 nitrogen and oxygen atoms in total. The molecular weight excluding hydrogens is 190 g/mol. The van der Waals surface area contributed by atoms with E-state index >= 15 is 0 Å². The SMILES string of the molecule is C=CC1CC(=O)N(CCc2ncc[nH]2)C1. The minimum atomic E-state index is 0.228. The maximum absolute atomic E-state index is 11.6. The number of likely N-dealkylation sites (tertiary alicyclic amines) is 1. The molecule has 0 aromatic carbocycles. The number of hydrogen-bond donors (Lipinski definition) is 1. The number of nitrogens with zero attached hydrogens (tertiary/aromatic N) is 2. The fourth-order valence-corrected chi connectivity index (χ4v) is 1.85. The number of hydrogen-bond acceptors (Lipinski definition) is 2. The van der Waals surface area contributed by atoms with Gasteiger partial charge in [0.2, 0.25) is 5.91 Å². The summed E-state index contributed by atoms with van der Waals surface area (Å²) in [5, 5.41) is 0. The fraction of sp³-hybridized carbons (Fsp3) is 0.455. The van der Waals surface area contributed by atoms with Crippen molar-refractivity contribution in [2.45, 2.75) is 12.8 Å². The van der Waals surface area contributed by atoms with Crippen molar-refractivity contribution in [3.63, 3.8) is 0 Å². The maximum Gasteiger partial charge on any atom is 0.223 e. The zero-order valence-electron chi connectivity index (χ0n) is 8.65. The highest BCUT2D eigenvalue weighted by Crippen LogP contribution is 2.18. The molecule has 80 valence electrons. The van der Waals surface area contributed by atoms with Crippen LogP contribution in [0.4, 0.5) is 0 Å². The molecule has 2 rings (SSSR count). The summed E-state index contributed by atoms with van der Waals surface area (Å²) in [6.07, 6.45) is 6.80. The standard InChI is InChI=1S/C11H15N3O/c1-2-9-7-11(15)14(8-9)6-3-10-12-4-5-13-10/h2,4-5,9H,1,3,6-8H2,(H,12,13). The molecular formula is C11H15N3O. The van der Waals surface area contributed by atoms with E-state index in [0.29, 0.717) is 12.3 Å². The summed E-state index contributed by atoms with van der Waals surface area (Å²) in [6.45, 7) is 5.28. The Labute approximate surface area is 89.0 Å². The van der Waals surface area contributed by atoms with Crippen LogP contribution in [0.25, 0.3) is 0 Å². The average molecular weight is 205 g/mol. The summed E-state index contributed by atoms with van der Waals surface area (Å²) in [5.74, 6) is 1.49. The van der Waals surface area contributed by atoms with Crippen molar-refractivity contribution < 1.29 is 4.79 Å². The summed E-state index contributed by atoms with van der Waals surface area (Å²) in [5.41, 5.74) is 0. The van der Waals surface area contributed by atoms with Gasteiger partial charge in [-0.2, -0.15) is 0 Å². The molecule has 0 aliphatic carbocycles. The second-order valence-corrected chi connectivity index (χ2v) is 3.83. The first-order valence-electron chi connectivity index (χ1n) is 5.18. The number of carbonyl (C=O) groups is 1. The number of carbonyl (C=O) groups excluding carboxylic acids is 1. The highest BCUT2D eigenvalue weighted by Gasteiger charge is 2.26. The van der Waals surface area contributed by atoms with Gasteiger partial charge >= 0.3 is 0 Å². The Balaban J connectivity index is 1.85. The smallest absolute Gasteiger partial charge is 0.223 e. The summed E-state index contributed by atoms with van der Waals surface area (Å²) in [4.78, 5) is 20.6. The Hall–Kier alpha value is -1.58. The summed E-state index contributed by atoms with van der Waals surface area (Å²) < 4.78 is 0. The predicted molar refractivity (Wildman–Crippen MR) is 57.2 cm³/mol. The van der Waals surface area contributed by atoms with Crippen LogP contribution in [0.2, 0.25) is 0 Å². The third kappa shape index (κ3) is 2.26. The lowest BCUT2D eigenvalue weighted by Gasteiger charge is -2.14. The van der Waals surface area contributed by atoms with Gasteiger partial charge < -0.3 is 9.88 Å². The van der Waals surface area contributed by atoms with Gasteiger partial charge in [0.05, 0.1) is 0 Å². The van der Waals surface area contributed by atoms with Gasteiger partial charge in [0.1, 0.15) is 5.82 Å². The van der Waals surface area contributed by atoms with Crippen molar-refractivity contribution >= 4 is 5.91 Å². The van der Waals surface area contributed by atoms with Crippen molar-refractivity contribution in [2.75, 3.05) is 13.1 Å². The van der Waals surface area contributed by atoms with E-state index in [4.69, 9.17) is 0 Å². The largest absolute Gasteiger partial charge is 0.349 e. The summed E-state index contributed by atoms with van der Waals surface area (Å²) in [7, 11) is 0. The van der Waals surface area contributed by atoms with E-state index in [1.165, 1.54) is 0 Å². The van der Waals surface area contributed by atoms with Crippen LogP contribution in [0.1, 0.15) is 12.2 Å². The van der Waals surface area contributed by atoms with Gasteiger partial charge in [0.25, 0.3) is 0 Å². The number of imidazole rings is 1. The number of amides is 1. The van der Waals surface area contributed by atoms with Crippen LogP contribution in [-0.2, 0) is 11.2 Å². The molecule has 1 saturated heterocycles. The molecule has 15 heavy (non-hydrogen) atoms. The van der Waals surface area contributed by atoms with Crippen LogP contribution >= 0.6 is 0 Å². The van der Waals surface area contributed by atoms with Crippen molar-refractivity contribution in [3.8, 4) is 0 Å². The lowest BCUT2D eigenvalue weighted by atomic mass is 10.1. The molecule has 0 radical (unpaired) electrons. The molecule has 1 aliphatic heterocycles. The molecule has 1 aromatic heterocycles. The van der Waals surface area contributed by atoms with E-state index in [1.807, 2.05) is 11.0 Å². The highest BCUT2D eigenvalue weighted by molar-refractivity contribution is 5.78. The molecule has 2 heterocycles. The van der Waals surface area contributed by atoms with Gasteiger partial charge in [-0.3, -0.25) is 4.79 Å². The fourth-order valence-electron chi connectivity index (χ4n) is 1.85. The first-order valence-corrected chi connectivity index (χ1v) is 5.18. The molecule has 0 saturated carbocycles. The monoisotopic (exact) mass is 205 g/mol. The van der Waals surface area contributed by atoms with Crippen LogP contribution in [0.15, 0.2) is 25.0 Å². The quantitative estimate of drug-likeness (QED) is 0.745. The topological polar surface area (TPSA) is 49.0 Å². The maximum atomic E-state index is 11.6. The minimum absolute atomic E-state index is 0.228. The number of H-pyrrole nitrogens is 1. The van der Waals surface area contributed by atoms with Crippen molar-refractivity contribution in [1.82, 2.24) is 14.9 Å². The van der Waals surface area contributed by atoms with Crippen LogP contribution in [0.3, 0.4) is 0 Å². The van der Waals surface area contributed by atoms with E-state index < -0.39 is 0 Å². The number of nitrogens with one attached hydrogen (secondary N) is 1. The third-order valence-corrected chi connectivity index (χ3v) is 2.75. The Morgan fingerprint density at radius 1 is 1.73 bits per heavy atom. The predicted octanol–water partition coefficient (Wildman–Crippen LogP) is 0.987. The van der Waals surface area contributed by atoms with Crippen molar-refractivity contribution in [2.24, 2.45) is 5.92 Å². The highest BCUT2D eigenvalue weighted by atomic mass is 16.2. The first kappa shape index (κ1) is 9.96. The van der Waals surface area contributed by atoms with Crippen molar-refractivity contribution in [3.05, 3.63) is 30.9 Å². The Bertz CT molecular complexity index is 345. The van der Waals surface area contributed by atoms with Gasteiger partial charge in [0, 0.05) is 44.2 Å². The van der Waals surface area contributed by atoms with Crippen LogP contribution < -0.4 is 0 Å². The molecule has 1 fully saturated rings. The lowest BCUT2D eigenvalue weighted by molar-refractivity contribution is -0.127. The lowest BCUT2D eigenvalue weighted by Crippen LogP contribution is -2.27. The van der Waals surface area contributed by atoms with E-state index in [-0.39, 0.29) is 5.91 Å². The van der Waals surface area contributed by atoms with E-state index in [0.717, 1.165) is 25.3 Å². The Kier molecular flexibility index (Phi) is 2.85. The average Bonchev–Trinajstić information content (AvgIpc) is 2.84. The number of aromatic nitrogens is 2. The van der Waals surface area contributed by atoms with Gasteiger partial charge in [-0.15, -0.1) is 6.58 Å². The van der Waals surface area contributed by atoms with Crippen molar-refractivity contribution in [1.29, 1.82) is 0 Å². The zero-order chi connectivity index (χ0) is 10.7. The molecule has 1 unspecified atom stereocenters. The molecule has 1 amide bonds. The molecule has 1 N–H and O–H groups in total. The number of rotatable bonds is 4. The summed E-state index contributed by atoms with van der Waals surface area (Å²) >= 11 is 0. The Morgan fingerprint density at radius 2 is 2.60 bits per heavy atom.